The fourth-order valence-corrected chi connectivity index (χ4v) is 1.34. The predicted octanol–water partition coefficient (Wildman–Crippen LogP) is 1.73. The second-order valence-corrected chi connectivity index (χ2v) is 3.00. The van der Waals surface area contributed by atoms with Gasteiger partial charge in [-0.1, -0.05) is 18.5 Å². The zero-order valence-corrected chi connectivity index (χ0v) is 7.17. The first-order chi connectivity index (χ1) is 5.25. The molecule has 1 saturated heterocycles. The lowest BCUT2D eigenvalue weighted by Gasteiger charge is -2.09. The Bertz CT molecular complexity index is 177. The largest absolute Gasteiger partial charge is 0.370 e. The summed E-state index contributed by atoms with van der Waals surface area (Å²) >= 11 is 5.27. The molecule has 1 heterocycles. The Labute approximate surface area is 71.2 Å². The Morgan fingerprint density at radius 2 is 2.45 bits per heavy atom. The topological polar surface area (TPSA) is 26.3 Å². The Hall–Kier alpha value is -0.340. The molecule has 1 aliphatic rings. The Morgan fingerprint density at radius 3 is 2.91 bits per heavy atom. The van der Waals surface area contributed by atoms with Crippen LogP contribution in [0.2, 0.25) is 0 Å². The van der Waals surface area contributed by atoms with Crippen LogP contribution in [0.25, 0.3) is 0 Å². The third-order valence-corrected chi connectivity index (χ3v) is 2.02. The highest BCUT2D eigenvalue weighted by Gasteiger charge is 2.28. The number of hydrogen-bond acceptors (Lipinski definition) is 2. The molecule has 0 aromatic heterocycles. The van der Waals surface area contributed by atoms with Gasteiger partial charge in [0.2, 0.25) is 0 Å². The molecule has 1 rings (SSSR count). The van der Waals surface area contributed by atoms with Crippen molar-refractivity contribution in [1.29, 1.82) is 0 Å². The molecule has 2 nitrogen and oxygen atoms in total. The van der Waals surface area contributed by atoms with Crippen LogP contribution in [0.4, 0.5) is 0 Å². The first-order valence-corrected chi connectivity index (χ1v) is 4.11. The number of hydrogen-bond donors (Lipinski definition) is 0. The van der Waals surface area contributed by atoms with E-state index in [1.807, 2.05) is 6.92 Å². The molecule has 2 atom stereocenters. The maximum absolute atomic E-state index is 11.2. The van der Waals surface area contributed by atoms with E-state index in [1.165, 1.54) is 11.6 Å². The summed E-state index contributed by atoms with van der Waals surface area (Å²) in [5.41, 5.74) is 1.23. The van der Waals surface area contributed by atoms with Gasteiger partial charge < -0.3 is 4.74 Å². The van der Waals surface area contributed by atoms with Crippen LogP contribution >= 0.6 is 11.6 Å². The van der Waals surface area contributed by atoms with Crippen molar-refractivity contribution in [1.82, 2.24) is 0 Å². The Balaban J connectivity index is 2.52. The maximum atomic E-state index is 11.2. The molecule has 0 radical (unpaired) electrons. The van der Waals surface area contributed by atoms with Crippen molar-refractivity contribution in [3.63, 3.8) is 0 Å². The standard InChI is InChI=1S/C8H11ClO2/c1-6-3-5-11-8(6)7(10)2-4-9/h2,4,6,8H,3,5H2,1H3/b4-2+. The van der Waals surface area contributed by atoms with Crippen molar-refractivity contribution in [2.24, 2.45) is 5.92 Å². The average molecular weight is 175 g/mol. The minimum absolute atomic E-state index is 0.0231. The van der Waals surface area contributed by atoms with E-state index in [-0.39, 0.29) is 11.9 Å². The second-order valence-electron chi connectivity index (χ2n) is 2.75. The van der Waals surface area contributed by atoms with Gasteiger partial charge >= 0.3 is 0 Å². The highest BCUT2D eigenvalue weighted by Crippen LogP contribution is 2.20. The van der Waals surface area contributed by atoms with Crippen LogP contribution in [0.1, 0.15) is 13.3 Å². The van der Waals surface area contributed by atoms with Crippen LogP contribution in [0.3, 0.4) is 0 Å². The molecule has 2 unspecified atom stereocenters. The monoisotopic (exact) mass is 174 g/mol. The van der Waals surface area contributed by atoms with E-state index in [4.69, 9.17) is 16.3 Å². The first kappa shape index (κ1) is 8.75. The number of ketones is 1. The number of ether oxygens (including phenoxy) is 1. The molecule has 0 N–H and O–H groups in total. The van der Waals surface area contributed by atoms with Gasteiger partial charge in [0.1, 0.15) is 6.10 Å². The van der Waals surface area contributed by atoms with Crippen molar-refractivity contribution >= 4 is 17.4 Å². The summed E-state index contributed by atoms with van der Waals surface area (Å²) in [4.78, 5) is 11.2. The highest BCUT2D eigenvalue weighted by atomic mass is 35.5. The molecular weight excluding hydrogens is 164 g/mol. The van der Waals surface area contributed by atoms with Crippen molar-refractivity contribution in [3.05, 3.63) is 11.6 Å². The summed E-state index contributed by atoms with van der Waals surface area (Å²) in [6, 6.07) is 0. The van der Waals surface area contributed by atoms with Crippen molar-refractivity contribution in [2.75, 3.05) is 6.61 Å². The molecule has 0 aromatic carbocycles. The zero-order valence-electron chi connectivity index (χ0n) is 6.42. The van der Waals surface area contributed by atoms with Crippen LogP contribution in [-0.2, 0) is 9.53 Å². The number of carbonyl (C=O) groups is 1. The lowest BCUT2D eigenvalue weighted by atomic mass is 10.0. The molecule has 0 saturated carbocycles. The van der Waals surface area contributed by atoms with E-state index in [9.17, 15) is 4.79 Å². The second kappa shape index (κ2) is 3.88. The van der Waals surface area contributed by atoms with Gasteiger partial charge in [0, 0.05) is 12.1 Å². The summed E-state index contributed by atoms with van der Waals surface area (Å²) in [6.07, 6.45) is 2.06. The van der Waals surface area contributed by atoms with E-state index in [2.05, 4.69) is 0 Å². The van der Waals surface area contributed by atoms with Crippen LogP contribution in [0.15, 0.2) is 11.6 Å². The summed E-state index contributed by atoms with van der Waals surface area (Å²) in [7, 11) is 0. The van der Waals surface area contributed by atoms with Gasteiger partial charge in [-0.25, -0.2) is 0 Å². The van der Waals surface area contributed by atoms with E-state index in [0.717, 1.165) is 6.42 Å². The quantitative estimate of drug-likeness (QED) is 0.596. The fraction of sp³-hybridized carbons (Fsp3) is 0.625. The van der Waals surface area contributed by atoms with Gasteiger partial charge in [-0.05, 0) is 18.4 Å². The number of halogens is 1. The summed E-state index contributed by atoms with van der Waals surface area (Å²) < 4.78 is 5.22. The first-order valence-electron chi connectivity index (χ1n) is 3.68. The van der Waals surface area contributed by atoms with E-state index in [1.54, 1.807) is 0 Å². The molecule has 0 spiro atoms. The Morgan fingerprint density at radius 1 is 1.73 bits per heavy atom. The SMILES string of the molecule is CC1CCOC1C(=O)/C=C/Cl. The molecule has 1 aliphatic heterocycles. The van der Waals surface area contributed by atoms with Gasteiger partial charge in [-0.3, -0.25) is 4.79 Å². The number of carbonyl (C=O) groups excluding carboxylic acids is 1. The highest BCUT2D eigenvalue weighted by molar-refractivity contribution is 6.27. The van der Waals surface area contributed by atoms with Gasteiger partial charge in [-0.15, -0.1) is 0 Å². The van der Waals surface area contributed by atoms with Crippen LogP contribution in [0, 0.1) is 5.92 Å². The van der Waals surface area contributed by atoms with E-state index >= 15 is 0 Å². The fourth-order valence-electron chi connectivity index (χ4n) is 1.22. The summed E-state index contributed by atoms with van der Waals surface area (Å²) in [5, 5.41) is 0. The smallest absolute Gasteiger partial charge is 0.185 e. The van der Waals surface area contributed by atoms with Gasteiger partial charge in [-0.2, -0.15) is 0 Å². The lowest BCUT2D eigenvalue weighted by Crippen LogP contribution is -2.22. The van der Waals surface area contributed by atoms with Crippen LogP contribution in [0.5, 0.6) is 0 Å². The number of rotatable bonds is 2. The molecule has 1 fully saturated rings. The lowest BCUT2D eigenvalue weighted by molar-refractivity contribution is -0.124. The maximum Gasteiger partial charge on any atom is 0.185 e. The van der Waals surface area contributed by atoms with Crippen molar-refractivity contribution in [3.8, 4) is 0 Å². The van der Waals surface area contributed by atoms with Crippen LogP contribution in [-0.4, -0.2) is 18.5 Å². The van der Waals surface area contributed by atoms with Crippen LogP contribution < -0.4 is 0 Å². The van der Waals surface area contributed by atoms with Gasteiger partial charge in [0.05, 0.1) is 0 Å². The average Bonchev–Trinajstić information content (AvgIpc) is 2.36. The molecule has 11 heavy (non-hydrogen) atoms. The van der Waals surface area contributed by atoms with Gasteiger partial charge in [0.15, 0.2) is 5.78 Å². The minimum Gasteiger partial charge on any atom is -0.370 e. The molecule has 0 aromatic rings. The zero-order chi connectivity index (χ0) is 8.27. The third-order valence-electron chi connectivity index (χ3n) is 1.90. The van der Waals surface area contributed by atoms with Gasteiger partial charge in [0.25, 0.3) is 0 Å². The molecule has 3 heteroatoms. The summed E-state index contributed by atoms with van der Waals surface area (Å²) in [5.74, 6) is 0.306. The normalized spacial score (nSPS) is 31.5. The minimum atomic E-state index is -0.259. The Kier molecular flexibility index (Phi) is 3.09. The molecular formula is C8H11ClO2. The molecule has 0 aliphatic carbocycles. The molecule has 0 bridgehead atoms. The van der Waals surface area contributed by atoms with Crippen molar-refractivity contribution in [2.45, 2.75) is 19.4 Å². The third kappa shape index (κ3) is 2.04. The van der Waals surface area contributed by atoms with E-state index < -0.39 is 0 Å². The summed E-state index contributed by atoms with van der Waals surface area (Å²) in [6.45, 7) is 2.70. The predicted molar refractivity (Wildman–Crippen MR) is 43.5 cm³/mol. The van der Waals surface area contributed by atoms with Crippen molar-refractivity contribution < 1.29 is 9.53 Å². The molecule has 0 amide bonds. The molecule has 62 valence electrons. The van der Waals surface area contributed by atoms with E-state index in [0.29, 0.717) is 12.5 Å².